The molecule has 0 amide bonds. The van der Waals surface area contributed by atoms with Gasteiger partial charge in [-0.1, -0.05) is 34.8 Å². The lowest BCUT2D eigenvalue weighted by atomic mass is 10.1. The van der Waals surface area contributed by atoms with E-state index >= 15 is 0 Å². The summed E-state index contributed by atoms with van der Waals surface area (Å²) in [7, 11) is 0. The Labute approximate surface area is 119 Å². The van der Waals surface area contributed by atoms with Crippen LogP contribution in [0.3, 0.4) is 0 Å². The molecule has 0 aliphatic rings. The van der Waals surface area contributed by atoms with Crippen molar-refractivity contribution in [3.8, 4) is 11.1 Å². The molecule has 6 heteroatoms. The summed E-state index contributed by atoms with van der Waals surface area (Å²) in [5, 5.41) is 1.32. The Bertz CT molecular complexity index is 557. The zero-order valence-corrected chi connectivity index (χ0v) is 11.4. The summed E-state index contributed by atoms with van der Waals surface area (Å²) in [6.45, 7) is 0. The second-order valence-electron chi connectivity index (χ2n) is 3.26. The third-order valence-corrected chi connectivity index (χ3v) is 3.51. The maximum absolute atomic E-state index is 6.12. The van der Waals surface area contributed by atoms with Crippen LogP contribution < -0.4 is 0 Å². The second kappa shape index (κ2) is 5.40. The molecule has 1 aromatic heterocycles. The van der Waals surface area contributed by atoms with Crippen molar-refractivity contribution in [1.29, 1.82) is 0 Å². The van der Waals surface area contributed by atoms with E-state index in [4.69, 9.17) is 46.4 Å². The molecule has 2 aromatic rings. The summed E-state index contributed by atoms with van der Waals surface area (Å²) >= 11 is 23.8. The molecule has 0 saturated carbocycles. The van der Waals surface area contributed by atoms with Gasteiger partial charge in [-0.3, -0.25) is 0 Å². The number of benzene rings is 1. The lowest BCUT2D eigenvalue weighted by Crippen LogP contribution is -1.93. The smallest absolute Gasteiger partial charge is 0.115 e. The Balaban J connectivity index is 2.64. The monoisotopic (exact) mass is 306 g/mol. The largest absolute Gasteiger partial charge is 0.244 e. The summed E-state index contributed by atoms with van der Waals surface area (Å²) in [5.41, 5.74) is 2.17. The first-order chi connectivity index (χ1) is 8.13. The number of alkyl halides is 1. The SMILES string of the molecule is ClCc1ncncc1-c1cc(Cl)c(Cl)cc1Cl. The molecule has 88 valence electrons. The van der Waals surface area contributed by atoms with E-state index in [1.54, 1.807) is 18.3 Å². The van der Waals surface area contributed by atoms with Crippen molar-refractivity contribution in [2.75, 3.05) is 0 Å². The number of rotatable bonds is 2. The molecule has 2 rings (SSSR count). The molecule has 0 N–H and O–H groups in total. The molecule has 0 radical (unpaired) electrons. The van der Waals surface area contributed by atoms with Crippen molar-refractivity contribution in [3.63, 3.8) is 0 Å². The molecule has 1 heterocycles. The predicted molar refractivity (Wildman–Crippen MR) is 72.1 cm³/mol. The van der Waals surface area contributed by atoms with Crippen LogP contribution in [0.2, 0.25) is 15.1 Å². The summed E-state index contributed by atoms with van der Waals surface area (Å²) in [6.07, 6.45) is 3.09. The molecular weight excluding hydrogens is 302 g/mol. The fourth-order valence-electron chi connectivity index (χ4n) is 1.42. The fourth-order valence-corrected chi connectivity index (χ4v) is 2.28. The third kappa shape index (κ3) is 2.66. The molecule has 0 saturated heterocycles. The summed E-state index contributed by atoms with van der Waals surface area (Å²) < 4.78 is 0. The molecule has 0 aliphatic heterocycles. The van der Waals surface area contributed by atoms with Gasteiger partial charge in [0, 0.05) is 17.3 Å². The zero-order valence-electron chi connectivity index (χ0n) is 8.42. The highest BCUT2D eigenvalue weighted by molar-refractivity contribution is 6.44. The first-order valence-corrected chi connectivity index (χ1v) is 6.30. The van der Waals surface area contributed by atoms with Gasteiger partial charge in [-0.15, -0.1) is 11.6 Å². The topological polar surface area (TPSA) is 25.8 Å². The molecule has 0 fully saturated rings. The zero-order chi connectivity index (χ0) is 12.4. The molecule has 17 heavy (non-hydrogen) atoms. The number of halogens is 4. The molecule has 0 atom stereocenters. The Morgan fingerprint density at radius 2 is 1.65 bits per heavy atom. The molecule has 0 bridgehead atoms. The van der Waals surface area contributed by atoms with Gasteiger partial charge in [0.25, 0.3) is 0 Å². The first kappa shape index (κ1) is 12.9. The number of hydrogen-bond acceptors (Lipinski definition) is 2. The van der Waals surface area contributed by atoms with E-state index in [1.807, 2.05) is 0 Å². The fraction of sp³-hybridized carbons (Fsp3) is 0.0909. The highest BCUT2D eigenvalue weighted by Gasteiger charge is 2.12. The number of hydrogen-bond donors (Lipinski definition) is 0. The average Bonchev–Trinajstić information content (AvgIpc) is 2.34. The van der Waals surface area contributed by atoms with Crippen LogP contribution in [0.1, 0.15) is 5.69 Å². The number of aromatic nitrogens is 2. The van der Waals surface area contributed by atoms with Crippen LogP contribution in [-0.4, -0.2) is 9.97 Å². The maximum atomic E-state index is 6.12. The summed E-state index contributed by atoms with van der Waals surface area (Å²) in [4.78, 5) is 8.05. The maximum Gasteiger partial charge on any atom is 0.115 e. The van der Waals surface area contributed by atoms with Crippen LogP contribution in [0.4, 0.5) is 0 Å². The Kier molecular flexibility index (Phi) is 4.10. The summed E-state index contributed by atoms with van der Waals surface area (Å²) in [5.74, 6) is 0.272. The normalized spacial score (nSPS) is 10.6. The molecule has 2 nitrogen and oxygen atoms in total. The minimum atomic E-state index is 0.272. The standard InChI is InChI=1S/C11H6Cl4N2/c12-3-11-7(4-16-5-17-11)6-1-9(14)10(15)2-8(6)13/h1-2,4-5H,3H2. The lowest BCUT2D eigenvalue weighted by molar-refractivity contribution is 1.09. The van der Waals surface area contributed by atoms with Gasteiger partial charge >= 0.3 is 0 Å². The van der Waals surface area contributed by atoms with Crippen LogP contribution in [0.15, 0.2) is 24.7 Å². The Hall–Kier alpha value is -0.540. The molecular formula is C11H6Cl4N2. The van der Waals surface area contributed by atoms with Crippen molar-refractivity contribution in [2.24, 2.45) is 0 Å². The van der Waals surface area contributed by atoms with E-state index in [2.05, 4.69) is 9.97 Å². The molecule has 1 aromatic carbocycles. The third-order valence-electron chi connectivity index (χ3n) is 2.22. The molecule has 0 unspecified atom stereocenters. The van der Waals surface area contributed by atoms with E-state index in [0.717, 1.165) is 11.1 Å². The highest BCUT2D eigenvalue weighted by atomic mass is 35.5. The van der Waals surface area contributed by atoms with Crippen LogP contribution >= 0.6 is 46.4 Å². The first-order valence-electron chi connectivity index (χ1n) is 4.63. The van der Waals surface area contributed by atoms with E-state index in [9.17, 15) is 0 Å². The van der Waals surface area contributed by atoms with Gasteiger partial charge in [-0.05, 0) is 12.1 Å². The van der Waals surface area contributed by atoms with Gasteiger partial charge in [-0.25, -0.2) is 9.97 Å². The van der Waals surface area contributed by atoms with Gasteiger partial charge in [0.15, 0.2) is 0 Å². The van der Waals surface area contributed by atoms with Gasteiger partial charge in [0.05, 0.1) is 26.6 Å². The van der Waals surface area contributed by atoms with Crippen LogP contribution in [0, 0.1) is 0 Å². The van der Waals surface area contributed by atoms with Crippen molar-refractivity contribution >= 4 is 46.4 Å². The highest BCUT2D eigenvalue weighted by Crippen LogP contribution is 2.36. The van der Waals surface area contributed by atoms with E-state index in [-0.39, 0.29) is 5.88 Å². The molecule has 0 aliphatic carbocycles. The van der Waals surface area contributed by atoms with Crippen LogP contribution in [-0.2, 0) is 5.88 Å². The van der Waals surface area contributed by atoms with Crippen LogP contribution in [0.5, 0.6) is 0 Å². The van der Waals surface area contributed by atoms with Crippen LogP contribution in [0.25, 0.3) is 11.1 Å². The van der Waals surface area contributed by atoms with Gasteiger partial charge in [0.1, 0.15) is 6.33 Å². The van der Waals surface area contributed by atoms with Crippen molar-refractivity contribution in [1.82, 2.24) is 9.97 Å². The van der Waals surface area contributed by atoms with E-state index < -0.39 is 0 Å². The van der Waals surface area contributed by atoms with Crippen molar-refractivity contribution in [2.45, 2.75) is 5.88 Å². The van der Waals surface area contributed by atoms with E-state index in [0.29, 0.717) is 20.8 Å². The Morgan fingerprint density at radius 3 is 2.35 bits per heavy atom. The lowest BCUT2D eigenvalue weighted by Gasteiger charge is -2.09. The van der Waals surface area contributed by atoms with Gasteiger partial charge in [-0.2, -0.15) is 0 Å². The number of nitrogens with zero attached hydrogens (tertiary/aromatic N) is 2. The minimum absolute atomic E-state index is 0.272. The van der Waals surface area contributed by atoms with E-state index in [1.165, 1.54) is 6.33 Å². The van der Waals surface area contributed by atoms with Gasteiger partial charge in [0.2, 0.25) is 0 Å². The summed E-state index contributed by atoms with van der Waals surface area (Å²) in [6, 6.07) is 3.27. The Morgan fingerprint density at radius 1 is 0.941 bits per heavy atom. The quantitative estimate of drug-likeness (QED) is 0.586. The average molecular weight is 308 g/mol. The predicted octanol–water partition coefficient (Wildman–Crippen LogP) is 4.84. The van der Waals surface area contributed by atoms with Crippen molar-refractivity contribution < 1.29 is 0 Å². The van der Waals surface area contributed by atoms with Gasteiger partial charge < -0.3 is 0 Å². The van der Waals surface area contributed by atoms with Crippen molar-refractivity contribution in [3.05, 3.63) is 45.4 Å². The second-order valence-corrected chi connectivity index (χ2v) is 4.75. The minimum Gasteiger partial charge on any atom is -0.244 e. The molecule has 0 spiro atoms.